The number of nitrogens with zero attached hydrogens (tertiary/aromatic N) is 2. The fourth-order valence-corrected chi connectivity index (χ4v) is 4.14. The quantitative estimate of drug-likeness (QED) is 0.616. The van der Waals surface area contributed by atoms with Gasteiger partial charge in [-0.25, -0.2) is 0 Å². The highest BCUT2D eigenvalue weighted by atomic mass is 16.5. The fraction of sp³-hybridized carbons (Fsp3) is 0.360. The summed E-state index contributed by atoms with van der Waals surface area (Å²) >= 11 is 0. The summed E-state index contributed by atoms with van der Waals surface area (Å²) < 4.78 is 5.37. The number of carbonyl (C=O) groups excluding carboxylic acids is 1. The van der Waals surface area contributed by atoms with Gasteiger partial charge in [-0.2, -0.15) is 0 Å². The van der Waals surface area contributed by atoms with Gasteiger partial charge in [0.1, 0.15) is 0 Å². The summed E-state index contributed by atoms with van der Waals surface area (Å²) in [5.74, 6) is -0.0516. The normalized spacial score (nSPS) is 14.6. The van der Waals surface area contributed by atoms with Crippen molar-refractivity contribution < 1.29 is 14.6 Å². The molecule has 6 heteroatoms. The molecule has 0 radical (unpaired) electrons. The van der Waals surface area contributed by atoms with E-state index in [4.69, 9.17) is 9.72 Å². The van der Waals surface area contributed by atoms with Crippen molar-refractivity contribution in [2.75, 3.05) is 39.4 Å². The van der Waals surface area contributed by atoms with E-state index < -0.39 is 0 Å². The topological polar surface area (TPSA) is 74.7 Å². The van der Waals surface area contributed by atoms with Crippen LogP contribution in [-0.2, 0) is 17.8 Å². The zero-order valence-electron chi connectivity index (χ0n) is 17.9. The zero-order valence-corrected chi connectivity index (χ0v) is 17.9. The summed E-state index contributed by atoms with van der Waals surface area (Å²) in [6.07, 6.45) is 0.603. The molecule has 6 nitrogen and oxygen atoms in total. The molecule has 1 amide bonds. The van der Waals surface area contributed by atoms with Gasteiger partial charge in [0.25, 0.3) is 5.91 Å². The average Bonchev–Trinajstić information content (AvgIpc) is 2.80. The second-order valence-corrected chi connectivity index (χ2v) is 7.94. The lowest BCUT2D eigenvalue weighted by atomic mass is 9.96. The molecule has 1 saturated heterocycles. The predicted octanol–water partition coefficient (Wildman–Crippen LogP) is 2.69. The molecule has 2 N–H and O–H groups in total. The van der Waals surface area contributed by atoms with E-state index in [0.29, 0.717) is 18.5 Å². The maximum absolute atomic E-state index is 12.9. The lowest BCUT2D eigenvalue weighted by molar-refractivity contribution is 0.0383. The molecule has 0 spiro atoms. The number of para-hydroxylation sites is 1. The highest BCUT2D eigenvalue weighted by Crippen LogP contribution is 2.25. The first-order valence-electron chi connectivity index (χ1n) is 10.8. The van der Waals surface area contributed by atoms with Gasteiger partial charge in [0, 0.05) is 49.2 Å². The predicted molar refractivity (Wildman–Crippen MR) is 121 cm³/mol. The third kappa shape index (κ3) is 5.10. The fourth-order valence-electron chi connectivity index (χ4n) is 4.14. The number of morpholine rings is 1. The van der Waals surface area contributed by atoms with Gasteiger partial charge in [0.2, 0.25) is 0 Å². The van der Waals surface area contributed by atoms with Crippen LogP contribution in [0, 0.1) is 6.92 Å². The van der Waals surface area contributed by atoms with E-state index in [2.05, 4.69) is 10.2 Å². The number of aliphatic hydroxyl groups excluding tert-OH is 1. The Bertz CT molecular complexity index is 1060. The minimum absolute atomic E-state index is 0.0224. The molecule has 2 heterocycles. The molecule has 4 rings (SSSR count). The molecule has 2 aromatic carbocycles. The molecule has 0 bridgehead atoms. The van der Waals surface area contributed by atoms with Crippen LogP contribution in [0.25, 0.3) is 10.9 Å². The molecular weight excluding hydrogens is 390 g/mol. The Morgan fingerprint density at radius 2 is 1.87 bits per heavy atom. The van der Waals surface area contributed by atoms with Crippen molar-refractivity contribution in [1.29, 1.82) is 0 Å². The second-order valence-electron chi connectivity index (χ2n) is 7.94. The molecule has 31 heavy (non-hydrogen) atoms. The van der Waals surface area contributed by atoms with Gasteiger partial charge in [-0.15, -0.1) is 0 Å². The Morgan fingerprint density at radius 3 is 2.68 bits per heavy atom. The molecule has 1 aliphatic heterocycles. The van der Waals surface area contributed by atoms with Crippen molar-refractivity contribution in [3.8, 4) is 0 Å². The van der Waals surface area contributed by atoms with Gasteiger partial charge in [-0.3, -0.25) is 14.7 Å². The van der Waals surface area contributed by atoms with E-state index in [1.54, 1.807) is 0 Å². The Kier molecular flexibility index (Phi) is 6.92. The van der Waals surface area contributed by atoms with Crippen molar-refractivity contribution >= 4 is 16.8 Å². The molecule has 0 saturated carbocycles. The first kappa shape index (κ1) is 21.4. The number of aromatic nitrogens is 1. The standard InChI is InChI=1S/C25H29N3O3/c1-18-15-21(17-29)22-8-4-6-20(24(22)27-18)16-19-5-2-3-7-23(19)25(30)26-9-10-28-11-13-31-14-12-28/h2-8,15,29H,9-14,16-17H2,1H3,(H,26,30). The number of nitrogens with one attached hydrogen (secondary N) is 1. The lowest BCUT2D eigenvalue weighted by Crippen LogP contribution is -2.41. The number of amides is 1. The van der Waals surface area contributed by atoms with Crippen molar-refractivity contribution in [2.24, 2.45) is 0 Å². The number of rotatable bonds is 7. The van der Waals surface area contributed by atoms with Crippen molar-refractivity contribution in [2.45, 2.75) is 20.0 Å². The van der Waals surface area contributed by atoms with Crippen LogP contribution < -0.4 is 5.32 Å². The van der Waals surface area contributed by atoms with Crippen molar-refractivity contribution in [3.63, 3.8) is 0 Å². The molecule has 1 aromatic heterocycles. The monoisotopic (exact) mass is 419 g/mol. The van der Waals surface area contributed by atoms with Gasteiger partial charge in [-0.1, -0.05) is 36.4 Å². The number of aryl methyl sites for hydroxylation is 1. The minimum Gasteiger partial charge on any atom is -0.392 e. The summed E-state index contributed by atoms with van der Waals surface area (Å²) in [5, 5.41) is 13.8. The smallest absolute Gasteiger partial charge is 0.251 e. The summed E-state index contributed by atoms with van der Waals surface area (Å²) in [6, 6.07) is 15.7. The summed E-state index contributed by atoms with van der Waals surface area (Å²) in [6.45, 7) is 6.69. The summed E-state index contributed by atoms with van der Waals surface area (Å²) in [7, 11) is 0. The number of carbonyl (C=O) groups is 1. The van der Waals surface area contributed by atoms with Gasteiger partial charge in [-0.05, 0) is 35.7 Å². The Balaban J connectivity index is 1.52. The maximum Gasteiger partial charge on any atom is 0.251 e. The highest BCUT2D eigenvalue weighted by Gasteiger charge is 2.15. The first-order chi connectivity index (χ1) is 15.2. The summed E-state index contributed by atoms with van der Waals surface area (Å²) in [5.41, 5.74) is 5.33. The van der Waals surface area contributed by atoms with Crippen LogP contribution >= 0.6 is 0 Å². The Hall–Kier alpha value is -2.80. The van der Waals surface area contributed by atoms with Crippen LogP contribution in [0.4, 0.5) is 0 Å². The first-order valence-corrected chi connectivity index (χ1v) is 10.8. The van der Waals surface area contributed by atoms with Crippen molar-refractivity contribution in [3.05, 3.63) is 76.5 Å². The molecule has 0 atom stereocenters. The van der Waals surface area contributed by atoms with Crippen LogP contribution in [0.1, 0.15) is 32.7 Å². The SMILES string of the molecule is Cc1cc(CO)c2cccc(Cc3ccccc3C(=O)NCCN3CCOCC3)c2n1. The second kappa shape index (κ2) is 10.0. The summed E-state index contributed by atoms with van der Waals surface area (Å²) in [4.78, 5) is 19.9. The van der Waals surface area contributed by atoms with Crippen LogP contribution in [0.5, 0.6) is 0 Å². The molecule has 0 unspecified atom stereocenters. The maximum atomic E-state index is 12.9. The number of hydrogen-bond acceptors (Lipinski definition) is 5. The van der Waals surface area contributed by atoms with Gasteiger partial charge < -0.3 is 15.2 Å². The molecule has 0 aliphatic carbocycles. The van der Waals surface area contributed by atoms with Crippen LogP contribution in [0.3, 0.4) is 0 Å². The number of fused-ring (bicyclic) bond motifs is 1. The van der Waals surface area contributed by atoms with Gasteiger partial charge in [0.05, 0.1) is 25.3 Å². The number of benzene rings is 2. The van der Waals surface area contributed by atoms with E-state index in [1.807, 2.05) is 55.5 Å². The van der Waals surface area contributed by atoms with Gasteiger partial charge in [0.15, 0.2) is 0 Å². The number of hydrogen-bond donors (Lipinski definition) is 2. The third-order valence-corrected chi connectivity index (χ3v) is 5.77. The van der Waals surface area contributed by atoms with E-state index in [9.17, 15) is 9.90 Å². The van der Waals surface area contributed by atoms with Crippen molar-refractivity contribution in [1.82, 2.24) is 15.2 Å². The molecule has 1 fully saturated rings. The number of aliphatic hydroxyl groups is 1. The molecule has 1 aliphatic rings. The van der Waals surface area contributed by atoms with Gasteiger partial charge >= 0.3 is 0 Å². The Labute approximate surface area is 182 Å². The minimum atomic E-state index is -0.0516. The average molecular weight is 420 g/mol. The lowest BCUT2D eigenvalue weighted by Gasteiger charge is -2.26. The number of pyridine rings is 1. The third-order valence-electron chi connectivity index (χ3n) is 5.77. The zero-order chi connectivity index (χ0) is 21.6. The highest BCUT2D eigenvalue weighted by molar-refractivity contribution is 5.96. The molecule has 3 aromatic rings. The Morgan fingerprint density at radius 1 is 1.10 bits per heavy atom. The largest absolute Gasteiger partial charge is 0.392 e. The van der Waals surface area contributed by atoms with E-state index >= 15 is 0 Å². The molecule has 162 valence electrons. The van der Waals surface area contributed by atoms with E-state index in [-0.39, 0.29) is 12.5 Å². The van der Waals surface area contributed by atoms with E-state index in [0.717, 1.165) is 66.1 Å². The molecular formula is C25H29N3O3. The van der Waals surface area contributed by atoms with E-state index in [1.165, 1.54) is 0 Å². The van der Waals surface area contributed by atoms with Crippen LogP contribution in [-0.4, -0.2) is 60.3 Å². The van der Waals surface area contributed by atoms with Crippen LogP contribution in [0.2, 0.25) is 0 Å². The van der Waals surface area contributed by atoms with Crippen LogP contribution in [0.15, 0.2) is 48.5 Å². The number of ether oxygens (including phenoxy) is 1.